The first-order valence-corrected chi connectivity index (χ1v) is 10.2. The van der Waals surface area contributed by atoms with Crippen LogP contribution in [0.15, 0.2) is 48.5 Å². The molecule has 2 aromatic carbocycles. The molecule has 1 fully saturated rings. The molecule has 2 amide bonds. The van der Waals surface area contributed by atoms with Gasteiger partial charge in [0, 0.05) is 23.7 Å². The molecular formula is C22H26ClN5O2. The molecule has 0 aromatic heterocycles. The Morgan fingerprint density at radius 2 is 1.93 bits per heavy atom. The quantitative estimate of drug-likeness (QED) is 0.398. The highest BCUT2D eigenvalue weighted by atomic mass is 35.5. The summed E-state index contributed by atoms with van der Waals surface area (Å²) in [6, 6.07) is 14.0. The first-order valence-electron chi connectivity index (χ1n) is 9.78. The van der Waals surface area contributed by atoms with Crippen molar-refractivity contribution in [2.75, 3.05) is 6.54 Å². The molecule has 1 heterocycles. The fraction of sp³-hybridized carbons (Fsp3) is 0.318. The minimum atomic E-state index is -0.522. The van der Waals surface area contributed by atoms with Crippen molar-refractivity contribution in [2.45, 2.75) is 37.9 Å². The summed E-state index contributed by atoms with van der Waals surface area (Å²) in [7, 11) is 0. The highest BCUT2D eigenvalue weighted by Crippen LogP contribution is 2.33. The van der Waals surface area contributed by atoms with Gasteiger partial charge in [0.05, 0.1) is 12.1 Å². The van der Waals surface area contributed by atoms with Crippen LogP contribution in [-0.4, -0.2) is 41.2 Å². The van der Waals surface area contributed by atoms with Gasteiger partial charge in [0.15, 0.2) is 0 Å². The van der Waals surface area contributed by atoms with E-state index in [0.29, 0.717) is 23.6 Å². The van der Waals surface area contributed by atoms with Gasteiger partial charge in [-0.2, -0.15) is 0 Å². The number of amidine groups is 1. The van der Waals surface area contributed by atoms with Crippen molar-refractivity contribution in [3.05, 3.63) is 70.2 Å². The Morgan fingerprint density at radius 3 is 2.53 bits per heavy atom. The number of primary amides is 1. The molecule has 8 heteroatoms. The van der Waals surface area contributed by atoms with Crippen molar-refractivity contribution in [1.29, 1.82) is 5.41 Å². The third kappa shape index (κ3) is 4.80. The number of likely N-dealkylation sites (tertiary alicyclic amines) is 1. The van der Waals surface area contributed by atoms with Gasteiger partial charge < -0.3 is 16.8 Å². The van der Waals surface area contributed by atoms with Gasteiger partial charge in [0.2, 0.25) is 11.8 Å². The van der Waals surface area contributed by atoms with E-state index in [1.54, 1.807) is 25.1 Å². The van der Waals surface area contributed by atoms with Crippen LogP contribution in [0, 0.1) is 5.41 Å². The van der Waals surface area contributed by atoms with Crippen LogP contribution in [0.5, 0.6) is 0 Å². The van der Waals surface area contributed by atoms with Crippen molar-refractivity contribution in [1.82, 2.24) is 10.2 Å². The molecule has 2 aromatic rings. The highest BCUT2D eigenvalue weighted by molar-refractivity contribution is 6.31. The van der Waals surface area contributed by atoms with Crippen molar-refractivity contribution in [2.24, 2.45) is 11.5 Å². The smallest absolute Gasteiger partial charge is 0.237 e. The zero-order chi connectivity index (χ0) is 21.8. The number of nitrogens with two attached hydrogens (primary N) is 2. The molecule has 6 N–H and O–H groups in total. The number of hydrogen-bond donors (Lipinski definition) is 4. The number of benzene rings is 2. The summed E-state index contributed by atoms with van der Waals surface area (Å²) >= 11 is 6.24. The molecule has 1 aliphatic rings. The Hall–Kier alpha value is -2.90. The number of halogens is 1. The van der Waals surface area contributed by atoms with Crippen LogP contribution in [0.25, 0.3) is 0 Å². The third-order valence-corrected chi connectivity index (χ3v) is 5.98. The Labute approximate surface area is 180 Å². The van der Waals surface area contributed by atoms with Crippen LogP contribution in [0.1, 0.15) is 36.0 Å². The fourth-order valence-corrected chi connectivity index (χ4v) is 4.12. The van der Waals surface area contributed by atoms with Crippen LogP contribution in [0.4, 0.5) is 0 Å². The standard InChI is InChI=1S/C22H26ClN5O2/c1-13(22(30)27-11-16-8-7-15(20(24)25)9-18(16)23)28-12-17(10-19(28)21(26)29)14-5-3-2-4-6-14/h2-9,13,17,19H,10-12H2,1H3,(H3,24,25)(H2,26,29)(H,27,30)/t13-,17?,19?/m0/s1. The number of hydrogen-bond acceptors (Lipinski definition) is 4. The van der Waals surface area contributed by atoms with Crippen LogP contribution >= 0.6 is 11.6 Å². The fourth-order valence-electron chi connectivity index (χ4n) is 3.87. The molecule has 0 saturated carbocycles. The van der Waals surface area contributed by atoms with E-state index in [9.17, 15) is 9.59 Å². The predicted octanol–water partition coefficient (Wildman–Crippen LogP) is 1.97. The van der Waals surface area contributed by atoms with Gasteiger partial charge in [-0.25, -0.2) is 0 Å². The van der Waals surface area contributed by atoms with E-state index >= 15 is 0 Å². The maximum absolute atomic E-state index is 12.8. The molecule has 0 radical (unpaired) electrons. The molecule has 0 bridgehead atoms. The first kappa shape index (κ1) is 21.8. The normalized spacial score (nSPS) is 19.9. The van der Waals surface area contributed by atoms with Gasteiger partial charge in [-0.3, -0.25) is 19.9 Å². The van der Waals surface area contributed by atoms with E-state index in [4.69, 9.17) is 28.5 Å². The van der Waals surface area contributed by atoms with E-state index in [-0.39, 0.29) is 24.2 Å². The maximum Gasteiger partial charge on any atom is 0.237 e. The summed E-state index contributed by atoms with van der Waals surface area (Å²) in [5.74, 6) is -0.550. The minimum Gasteiger partial charge on any atom is -0.384 e. The second-order valence-corrected chi connectivity index (χ2v) is 7.98. The number of nitrogens with one attached hydrogen (secondary N) is 2. The molecule has 0 spiro atoms. The zero-order valence-electron chi connectivity index (χ0n) is 16.8. The molecule has 0 aliphatic carbocycles. The number of nitrogens with zero attached hydrogens (tertiary/aromatic N) is 1. The van der Waals surface area contributed by atoms with Crippen molar-refractivity contribution < 1.29 is 9.59 Å². The van der Waals surface area contributed by atoms with E-state index in [1.807, 2.05) is 35.2 Å². The average Bonchev–Trinajstić information content (AvgIpc) is 3.18. The van der Waals surface area contributed by atoms with Gasteiger partial charge in [-0.15, -0.1) is 0 Å². The lowest BCUT2D eigenvalue weighted by atomic mass is 9.96. The van der Waals surface area contributed by atoms with Crippen molar-refractivity contribution in [3.63, 3.8) is 0 Å². The van der Waals surface area contributed by atoms with Gasteiger partial charge in [-0.05, 0) is 36.5 Å². The maximum atomic E-state index is 12.8. The molecule has 3 rings (SSSR count). The first-order chi connectivity index (χ1) is 14.3. The molecular weight excluding hydrogens is 402 g/mol. The van der Waals surface area contributed by atoms with Crippen molar-refractivity contribution >= 4 is 29.3 Å². The Morgan fingerprint density at radius 1 is 1.23 bits per heavy atom. The molecule has 1 saturated heterocycles. The summed E-state index contributed by atoms with van der Waals surface area (Å²) in [6.45, 7) is 2.59. The molecule has 3 atom stereocenters. The predicted molar refractivity (Wildman–Crippen MR) is 117 cm³/mol. The summed E-state index contributed by atoms with van der Waals surface area (Å²) in [6.07, 6.45) is 0.593. The van der Waals surface area contributed by atoms with E-state index in [1.165, 1.54) is 0 Å². The topological polar surface area (TPSA) is 125 Å². The van der Waals surface area contributed by atoms with Crippen LogP contribution in [0.3, 0.4) is 0 Å². The summed E-state index contributed by atoms with van der Waals surface area (Å²) in [4.78, 5) is 26.7. The number of rotatable bonds is 7. The molecule has 1 aliphatic heterocycles. The summed E-state index contributed by atoms with van der Waals surface area (Å²) in [5, 5.41) is 10.8. The van der Waals surface area contributed by atoms with Gasteiger partial charge in [-0.1, -0.05) is 54.1 Å². The summed E-state index contributed by atoms with van der Waals surface area (Å²) in [5.41, 5.74) is 13.5. The Bertz CT molecular complexity index is 950. The number of amides is 2. The second-order valence-electron chi connectivity index (χ2n) is 7.57. The lowest BCUT2D eigenvalue weighted by Crippen LogP contribution is -2.51. The largest absolute Gasteiger partial charge is 0.384 e. The van der Waals surface area contributed by atoms with Gasteiger partial charge in [0.1, 0.15) is 5.84 Å². The highest BCUT2D eigenvalue weighted by Gasteiger charge is 2.40. The SMILES string of the molecule is C[C@@H](C(=O)NCc1ccc(C(=N)N)cc1Cl)N1CC(c2ccccc2)CC1C(N)=O. The lowest BCUT2D eigenvalue weighted by Gasteiger charge is -2.28. The van der Waals surface area contributed by atoms with E-state index < -0.39 is 18.0 Å². The summed E-state index contributed by atoms with van der Waals surface area (Å²) < 4.78 is 0. The van der Waals surface area contributed by atoms with Gasteiger partial charge in [0.25, 0.3) is 0 Å². The lowest BCUT2D eigenvalue weighted by molar-refractivity contribution is -0.129. The van der Waals surface area contributed by atoms with Gasteiger partial charge >= 0.3 is 0 Å². The number of carbonyl (C=O) groups is 2. The molecule has 158 valence electrons. The van der Waals surface area contributed by atoms with E-state index in [2.05, 4.69) is 5.32 Å². The minimum absolute atomic E-state index is 0.0689. The zero-order valence-corrected chi connectivity index (χ0v) is 17.5. The van der Waals surface area contributed by atoms with E-state index in [0.717, 1.165) is 11.1 Å². The van der Waals surface area contributed by atoms with Crippen LogP contribution in [-0.2, 0) is 16.1 Å². The monoisotopic (exact) mass is 427 g/mol. The molecule has 30 heavy (non-hydrogen) atoms. The molecule has 2 unspecified atom stereocenters. The van der Waals surface area contributed by atoms with Crippen LogP contribution < -0.4 is 16.8 Å². The third-order valence-electron chi connectivity index (χ3n) is 5.63. The Balaban J connectivity index is 1.67. The molecule has 7 nitrogen and oxygen atoms in total. The number of carbonyl (C=O) groups excluding carboxylic acids is 2. The Kier molecular flexibility index (Phi) is 6.74. The van der Waals surface area contributed by atoms with Crippen LogP contribution in [0.2, 0.25) is 5.02 Å². The average molecular weight is 428 g/mol. The second kappa shape index (κ2) is 9.28. The number of nitrogen functional groups attached to an aromatic ring is 1. The van der Waals surface area contributed by atoms with Crippen molar-refractivity contribution in [3.8, 4) is 0 Å².